The molecule has 0 N–H and O–H groups in total. The fourth-order valence-corrected chi connectivity index (χ4v) is 6.41. The van der Waals surface area contributed by atoms with Gasteiger partial charge < -0.3 is 4.74 Å². The molecule has 2 aliphatic rings. The van der Waals surface area contributed by atoms with Gasteiger partial charge in [-0.2, -0.15) is 4.31 Å². The van der Waals surface area contributed by atoms with Gasteiger partial charge in [0.1, 0.15) is 5.75 Å². The number of halogens is 1. The van der Waals surface area contributed by atoms with Crippen molar-refractivity contribution >= 4 is 43.2 Å². The summed E-state index contributed by atoms with van der Waals surface area (Å²) in [5, 5.41) is 1.25. The third-order valence-electron chi connectivity index (χ3n) is 5.91. The summed E-state index contributed by atoms with van der Waals surface area (Å²) in [5.41, 5.74) is 2.03. The first-order valence-corrected chi connectivity index (χ1v) is 12.9. The molecule has 0 aliphatic carbocycles. The molecule has 6 nitrogen and oxygen atoms in total. The number of hydrogen-bond acceptors (Lipinski definition) is 6. The van der Waals surface area contributed by atoms with Crippen molar-refractivity contribution in [2.75, 3.05) is 19.3 Å². The predicted octanol–water partition coefficient (Wildman–Crippen LogP) is 4.35. The normalized spacial score (nSPS) is 22.6. The van der Waals surface area contributed by atoms with E-state index in [0.29, 0.717) is 35.4 Å². The maximum Gasteiger partial charge on any atom is 0.279 e. The Bertz CT molecular complexity index is 1170. The largest absolute Gasteiger partial charge is 0.431 e. The molecule has 2 aromatic carbocycles. The van der Waals surface area contributed by atoms with Gasteiger partial charge in [0, 0.05) is 31.7 Å². The Morgan fingerprint density at radius 1 is 1.13 bits per heavy atom. The number of nitrogens with zero attached hydrogens (tertiary/aromatic N) is 3. The number of fused-ring (bicyclic) bond motifs is 3. The van der Waals surface area contributed by atoms with E-state index in [-0.39, 0.29) is 0 Å². The highest BCUT2D eigenvalue weighted by atomic mass is 35.5. The van der Waals surface area contributed by atoms with Gasteiger partial charge in [-0.15, -0.1) is 0 Å². The minimum absolute atomic E-state index is 0.293. The second kappa shape index (κ2) is 7.76. The van der Waals surface area contributed by atoms with E-state index in [9.17, 15) is 8.42 Å². The first-order chi connectivity index (χ1) is 14.4. The van der Waals surface area contributed by atoms with Crippen LogP contribution >= 0.6 is 22.9 Å². The summed E-state index contributed by atoms with van der Waals surface area (Å²) in [6.07, 6.45) is 3.41. The van der Waals surface area contributed by atoms with E-state index in [1.54, 1.807) is 4.31 Å². The number of hydrogen-bond donors (Lipinski definition) is 0. The molecule has 0 unspecified atom stereocenters. The summed E-state index contributed by atoms with van der Waals surface area (Å²) in [4.78, 5) is 6.94. The molecule has 0 saturated carbocycles. The second-order valence-electron chi connectivity index (χ2n) is 7.95. The van der Waals surface area contributed by atoms with Crippen LogP contribution < -0.4 is 4.74 Å². The van der Waals surface area contributed by atoms with Crippen LogP contribution in [0.2, 0.25) is 5.02 Å². The fourth-order valence-electron chi connectivity index (χ4n) is 4.39. The first-order valence-electron chi connectivity index (χ1n) is 9.89. The molecule has 3 heterocycles. The molecule has 2 aliphatic heterocycles. The van der Waals surface area contributed by atoms with Crippen LogP contribution in [0.3, 0.4) is 0 Å². The van der Waals surface area contributed by atoms with Crippen molar-refractivity contribution in [2.24, 2.45) is 0 Å². The molecule has 30 heavy (non-hydrogen) atoms. The first kappa shape index (κ1) is 20.2. The lowest BCUT2D eigenvalue weighted by atomic mass is 10.1. The third kappa shape index (κ3) is 3.94. The number of aromatic nitrogens is 1. The van der Waals surface area contributed by atoms with Gasteiger partial charge in [-0.25, -0.2) is 13.4 Å². The summed E-state index contributed by atoms with van der Waals surface area (Å²) in [5.74, 6) is 0.735. The Labute approximate surface area is 185 Å². The van der Waals surface area contributed by atoms with Gasteiger partial charge in [-0.05, 0) is 42.7 Å². The second-order valence-corrected chi connectivity index (χ2v) is 11.3. The maximum absolute atomic E-state index is 11.9. The number of piperazine rings is 1. The quantitative estimate of drug-likeness (QED) is 0.562. The van der Waals surface area contributed by atoms with Gasteiger partial charge in [0.15, 0.2) is 0 Å². The molecule has 0 spiro atoms. The van der Waals surface area contributed by atoms with Crippen molar-refractivity contribution in [1.29, 1.82) is 0 Å². The number of rotatable bonds is 5. The Balaban J connectivity index is 1.26. The number of benzene rings is 2. The topological polar surface area (TPSA) is 62.7 Å². The molecule has 2 atom stereocenters. The van der Waals surface area contributed by atoms with E-state index in [1.807, 2.05) is 30.3 Å². The zero-order valence-electron chi connectivity index (χ0n) is 16.5. The highest BCUT2D eigenvalue weighted by molar-refractivity contribution is 7.88. The van der Waals surface area contributed by atoms with E-state index < -0.39 is 10.0 Å². The molecule has 2 fully saturated rings. The van der Waals surface area contributed by atoms with E-state index in [4.69, 9.17) is 16.3 Å². The van der Waals surface area contributed by atoms with Crippen LogP contribution in [0, 0.1) is 0 Å². The lowest BCUT2D eigenvalue weighted by molar-refractivity contribution is 0.103. The molecule has 9 heteroatoms. The van der Waals surface area contributed by atoms with Crippen LogP contribution in [0.1, 0.15) is 18.4 Å². The molecule has 158 valence electrons. The lowest BCUT2D eigenvalue weighted by Gasteiger charge is -2.39. The van der Waals surface area contributed by atoms with Crippen molar-refractivity contribution in [3.63, 3.8) is 0 Å². The van der Waals surface area contributed by atoms with Crippen molar-refractivity contribution < 1.29 is 13.2 Å². The molecule has 2 bridgehead atoms. The van der Waals surface area contributed by atoms with Crippen LogP contribution in [-0.2, 0) is 16.6 Å². The van der Waals surface area contributed by atoms with Crippen molar-refractivity contribution in [2.45, 2.75) is 31.5 Å². The van der Waals surface area contributed by atoms with E-state index in [2.05, 4.69) is 22.0 Å². The summed E-state index contributed by atoms with van der Waals surface area (Å²) in [6, 6.07) is 14.3. The Kier molecular flexibility index (Phi) is 5.23. The summed E-state index contributed by atoms with van der Waals surface area (Å²) < 4.78 is 32.3. The van der Waals surface area contributed by atoms with Crippen LogP contribution in [0.25, 0.3) is 10.2 Å². The third-order valence-corrected chi connectivity index (χ3v) is 8.56. The molecular formula is C21H22ClN3O3S2. The highest BCUT2D eigenvalue weighted by Gasteiger charge is 2.42. The van der Waals surface area contributed by atoms with Gasteiger partial charge >= 0.3 is 0 Å². The minimum atomic E-state index is -3.12. The average molecular weight is 464 g/mol. The summed E-state index contributed by atoms with van der Waals surface area (Å²) in [6.45, 7) is 2.01. The number of ether oxygens (including phenoxy) is 1. The predicted molar refractivity (Wildman–Crippen MR) is 120 cm³/mol. The molecular weight excluding hydrogens is 442 g/mol. The number of thiazole rings is 1. The smallest absolute Gasteiger partial charge is 0.279 e. The fraction of sp³-hybridized carbons (Fsp3) is 0.381. The highest BCUT2D eigenvalue weighted by Crippen LogP contribution is 2.36. The van der Waals surface area contributed by atoms with Gasteiger partial charge in [-0.1, -0.05) is 41.1 Å². The maximum atomic E-state index is 11.9. The molecule has 2 saturated heterocycles. The van der Waals surface area contributed by atoms with Crippen LogP contribution in [0.4, 0.5) is 0 Å². The zero-order chi connectivity index (χ0) is 20.9. The molecule has 3 aromatic rings. The van der Waals surface area contributed by atoms with Gasteiger partial charge in [0.2, 0.25) is 10.0 Å². The monoisotopic (exact) mass is 463 g/mol. The summed E-state index contributed by atoms with van der Waals surface area (Å²) >= 11 is 7.66. The van der Waals surface area contributed by atoms with E-state index in [0.717, 1.165) is 35.4 Å². The molecule has 1 aromatic heterocycles. The SMILES string of the molecule is CS(=O)(=O)N1C[C@H]2CC[C@@H](C1)N2Cc1ccc(Oc2nc3cccc(Cl)c3s2)cc1. The lowest BCUT2D eigenvalue weighted by Crippen LogP contribution is -2.54. The van der Waals surface area contributed by atoms with E-state index >= 15 is 0 Å². The van der Waals surface area contributed by atoms with Crippen LogP contribution in [0.5, 0.6) is 10.9 Å². The Morgan fingerprint density at radius 3 is 2.47 bits per heavy atom. The molecule has 5 rings (SSSR count). The van der Waals surface area contributed by atoms with Gasteiger partial charge in [-0.3, -0.25) is 4.90 Å². The van der Waals surface area contributed by atoms with Crippen molar-refractivity contribution in [3.8, 4) is 10.9 Å². The Morgan fingerprint density at radius 2 is 1.83 bits per heavy atom. The standard InChI is InChI=1S/C21H22ClN3O3S2/c1-30(26,27)24-12-15-7-8-16(13-24)25(15)11-14-5-9-17(10-6-14)28-21-23-19-4-2-3-18(22)20(19)29-21/h2-6,9-10,15-16H,7-8,11-13H2,1H3/t15-,16+. The molecule has 0 radical (unpaired) electrons. The number of sulfonamides is 1. The van der Waals surface area contributed by atoms with Crippen LogP contribution in [0.15, 0.2) is 42.5 Å². The van der Waals surface area contributed by atoms with Crippen LogP contribution in [-0.4, -0.2) is 54.0 Å². The van der Waals surface area contributed by atoms with Crippen molar-refractivity contribution in [3.05, 3.63) is 53.1 Å². The average Bonchev–Trinajstić information content (AvgIpc) is 3.19. The van der Waals surface area contributed by atoms with Gasteiger partial charge in [0.25, 0.3) is 5.19 Å². The van der Waals surface area contributed by atoms with E-state index in [1.165, 1.54) is 23.2 Å². The minimum Gasteiger partial charge on any atom is -0.431 e. The van der Waals surface area contributed by atoms with Crippen molar-refractivity contribution in [1.82, 2.24) is 14.2 Å². The zero-order valence-corrected chi connectivity index (χ0v) is 18.9. The molecule has 0 amide bonds. The summed E-state index contributed by atoms with van der Waals surface area (Å²) in [7, 11) is -3.12. The van der Waals surface area contributed by atoms with Gasteiger partial charge in [0.05, 0.1) is 21.5 Å². The Hall–Kier alpha value is -1.71.